The van der Waals surface area contributed by atoms with Crippen molar-refractivity contribution in [2.24, 2.45) is 5.92 Å². The first-order valence-corrected chi connectivity index (χ1v) is 10.4. The molecule has 154 valence electrons. The third-order valence-electron chi connectivity index (χ3n) is 6.69. The van der Waals surface area contributed by atoms with Crippen LogP contribution < -0.4 is 0 Å². The molecule has 0 amide bonds. The molecule has 1 aliphatic carbocycles. The van der Waals surface area contributed by atoms with Crippen molar-refractivity contribution in [3.8, 4) is 0 Å². The number of hydrogen-bond acceptors (Lipinski definition) is 2. The van der Waals surface area contributed by atoms with Crippen LogP contribution in [0.25, 0.3) is 0 Å². The number of nitrogens with zero attached hydrogens (tertiary/aromatic N) is 2. The van der Waals surface area contributed by atoms with Crippen LogP contribution in [0.2, 0.25) is 0 Å². The van der Waals surface area contributed by atoms with E-state index < -0.39 is 0 Å². The maximum absolute atomic E-state index is 2.72. The molecule has 0 spiro atoms. The molecule has 1 saturated heterocycles. The zero-order valence-corrected chi connectivity index (χ0v) is 18.9. The molecule has 3 atom stereocenters. The van der Waals surface area contributed by atoms with Gasteiger partial charge in [0.15, 0.2) is 0 Å². The van der Waals surface area contributed by atoms with Crippen LogP contribution in [0, 0.1) is 5.92 Å². The second kappa shape index (κ2) is 10.5. The van der Waals surface area contributed by atoms with E-state index in [1.165, 1.54) is 38.2 Å². The Bertz CT molecular complexity index is 720. The minimum Gasteiger partial charge on any atom is -0.412 e. The fourth-order valence-corrected chi connectivity index (χ4v) is 5.25. The van der Waals surface area contributed by atoms with Crippen molar-refractivity contribution >= 4 is 17.0 Å². The van der Waals surface area contributed by atoms with Gasteiger partial charge in [-0.05, 0) is 54.6 Å². The summed E-state index contributed by atoms with van der Waals surface area (Å²) in [6.45, 7) is 11.8. The summed E-state index contributed by atoms with van der Waals surface area (Å²) >= 11 is 0. The van der Waals surface area contributed by atoms with E-state index in [2.05, 4.69) is 78.2 Å². The fourth-order valence-electron chi connectivity index (χ4n) is 5.25. The molecule has 0 saturated carbocycles. The highest BCUT2D eigenvalue weighted by Crippen LogP contribution is 2.52. The SMILES string of the molecule is Br.CCN(CC)CCN1CC[C@H]2c3ccccc3[C@@H](c3ccccc3)[C@H]2C1.O. The van der Waals surface area contributed by atoms with Crippen molar-refractivity contribution in [3.63, 3.8) is 0 Å². The van der Waals surface area contributed by atoms with Gasteiger partial charge in [0.05, 0.1) is 0 Å². The maximum atomic E-state index is 2.72. The summed E-state index contributed by atoms with van der Waals surface area (Å²) in [6, 6.07) is 20.4. The van der Waals surface area contributed by atoms with Gasteiger partial charge < -0.3 is 15.3 Å². The van der Waals surface area contributed by atoms with Gasteiger partial charge in [0, 0.05) is 25.6 Å². The van der Waals surface area contributed by atoms with Crippen molar-refractivity contribution in [1.82, 2.24) is 9.80 Å². The van der Waals surface area contributed by atoms with Crippen molar-refractivity contribution < 1.29 is 5.48 Å². The van der Waals surface area contributed by atoms with Gasteiger partial charge >= 0.3 is 0 Å². The Morgan fingerprint density at radius 2 is 1.57 bits per heavy atom. The van der Waals surface area contributed by atoms with Crippen LogP contribution in [0.5, 0.6) is 0 Å². The molecule has 0 bridgehead atoms. The Kier molecular flexibility index (Phi) is 8.69. The summed E-state index contributed by atoms with van der Waals surface area (Å²) in [5.74, 6) is 2.02. The Labute approximate surface area is 180 Å². The standard InChI is InChI=1S/C24H32N2.BrH.H2O/c1-3-25(4-2)16-17-26-15-14-21-20-12-8-9-13-22(20)24(23(21)18-26)19-10-6-5-7-11-19;;/h5-13,21,23-24H,3-4,14-18H2,1-2H3;1H;1H2/t21-,23-,24+;;/m0../s1. The average Bonchev–Trinajstić information content (AvgIpc) is 3.03. The summed E-state index contributed by atoms with van der Waals surface area (Å²) in [6.07, 6.45) is 1.31. The number of likely N-dealkylation sites (N-methyl/N-ethyl adjacent to an activating group) is 1. The molecule has 1 aliphatic heterocycles. The van der Waals surface area contributed by atoms with Crippen LogP contribution in [-0.2, 0) is 0 Å². The molecule has 2 aromatic carbocycles. The molecular formula is C24H35BrN2O. The number of rotatable bonds is 6. The van der Waals surface area contributed by atoms with Crippen LogP contribution in [0.3, 0.4) is 0 Å². The quantitative estimate of drug-likeness (QED) is 0.661. The zero-order valence-electron chi connectivity index (χ0n) is 17.2. The number of halogens is 1. The number of likely N-dealkylation sites (tertiary alicyclic amines) is 1. The van der Waals surface area contributed by atoms with Gasteiger partial charge in [-0.1, -0.05) is 68.4 Å². The van der Waals surface area contributed by atoms with Crippen LogP contribution in [0.15, 0.2) is 54.6 Å². The van der Waals surface area contributed by atoms with E-state index in [4.69, 9.17) is 0 Å². The second-order valence-corrected chi connectivity index (χ2v) is 7.90. The first-order valence-electron chi connectivity index (χ1n) is 10.4. The van der Waals surface area contributed by atoms with E-state index in [1.54, 1.807) is 11.1 Å². The smallest absolute Gasteiger partial charge is 0.0138 e. The molecule has 2 N–H and O–H groups in total. The van der Waals surface area contributed by atoms with Crippen molar-refractivity contribution in [3.05, 3.63) is 71.3 Å². The lowest BCUT2D eigenvalue weighted by atomic mass is 9.79. The summed E-state index contributed by atoms with van der Waals surface area (Å²) in [7, 11) is 0. The average molecular weight is 447 g/mol. The van der Waals surface area contributed by atoms with E-state index in [1.807, 2.05) is 0 Å². The Morgan fingerprint density at radius 3 is 2.25 bits per heavy atom. The van der Waals surface area contributed by atoms with Crippen molar-refractivity contribution in [2.75, 3.05) is 39.3 Å². The minimum atomic E-state index is 0. The predicted molar refractivity (Wildman–Crippen MR) is 124 cm³/mol. The highest BCUT2D eigenvalue weighted by atomic mass is 79.9. The van der Waals surface area contributed by atoms with Crippen LogP contribution in [-0.4, -0.2) is 54.5 Å². The molecule has 1 fully saturated rings. The normalized spacial score (nSPS) is 23.5. The second-order valence-electron chi connectivity index (χ2n) is 7.90. The maximum Gasteiger partial charge on any atom is 0.0138 e. The van der Waals surface area contributed by atoms with E-state index in [-0.39, 0.29) is 22.5 Å². The number of fused-ring (bicyclic) bond motifs is 3. The number of piperidine rings is 1. The van der Waals surface area contributed by atoms with E-state index in [0.717, 1.165) is 24.9 Å². The largest absolute Gasteiger partial charge is 0.412 e. The van der Waals surface area contributed by atoms with E-state index >= 15 is 0 Å². The van der Waals surface area contributed by atoms with Gasteiger partial charge in [-0.3, -0.25) is 0 Å². The van der Waals surface area contributed by atoms with E-state index in [9.17, 15) is 0 Å². The molecule has 1 heterocycles. The molecule has 4 heteroatoms. The Hall–Kier alpha value is -1.20. The van der Waals surface area contributed by atoms with Gasteiger partial charge in [-0.2, -0.15) is 0 Å². The molecule has 2 aliphatic rings. The van der Waals surface area contributed by atoms with Gasteiger partial charge in [0.2, 0.25) is 0 Å². The molecule has 3 nitrogen and oxygen atoms in total. The summed E-state index contributed by atoms with van der Waals surface area (Å²) < 4.78 is 0. The molecule has 0 aromatic heterocycles. The topological polar surface area (TPSA) is 38.0 Å². The van der Waals surface area contributed by atoms with Crippen molar-refractivity contribution in [1.29, 1.82) is 0 Å². The van der Waals surface area contributed by atoms with Crippen LogP contribution >= 0.6 is 17.0 Å². The number of hydrogen-bond donors (Lipinski definition) is 0. The molecule has 0 radical (unpaired) electrons. The Morgan fingerprint density at radius 1 is 0.929 bits per heavy atom. The minimum absolute atomic E-state index is 0. The summed E-state index contributed by atoms with van der Waals surface area (Å²) in [4.78, 5) is 5.27. The highest BCUT2D eigenvalue weighted by molar-refractivity contribution is 8.93. The summed E-state index contributed by atoms with van der Waals surface area (Å²) in [5, 5.41) is 0. The monoisotopic (exact) mass is 446 g/mol. The van der Waals surface area contributed by atoms with Crippen LogP contribution in [0.4, 0.5) is 0 Å². The third kappa shape index (κ3) is 4.51. The molecule has 4 rings (SSSR count). The lowest BCUT2D eigenvalue weighted by Crippen LogP contribution is -2.43. The van der Waals surface area contributed by atoms with Crippen LogP contribution in [0.1, 0.15) is 48.8 Å². The third-order valence-corrected chi connectivity index (χ3v) is 6.69. The fraction of sp³-hybridized carbons (Fsp3) is 0.500. The molecule has 2 aromatic rings. The van der Waals surface area contributed by atoms with Crippen molar-refractivity contribution in [2.45, 2.75) is 32.1 Å². The first-order chi connectivity index (χ1) is 12.8. The Balaban J connectivity index is 0.00000140. The molecular weight excluding hydrogens is 412 g/mol. The summed E-state index contributed by atoms with van der Waals surface area (Å²) in [5.41, 5.74) is 4.70. The predicted octanol–water partition coefficient (Wildman–Crippen LogP) is 4.33. The molecule has 0 unspecified atom stereocenters. The first kappa shape index (κ1) is 23.1. The van der Waals surface area contributed by atoms with E-state index in [0.29, 0.717) is 5.92 Å². The number of benzene rings is 2. The lowest BCUT2D eigenvalue weighted by Gasteiger charge is -2.38. The zero-order chi connectivity index (χ0) is 17.9. The van der Waals surface area contributed by atoms with Gasteiger partial charge in [-0.15, -0.1) is 17.0 Å². The lowest BCUT2D eigenvalue weighted by molar-refractivity contribution is 0.136. The van der Waals surface area contributed by atoms with Gasteiger partial charge in [-0.25, -0.2) is 0 Å². The molecule has 28 heavy (non-hydrogen) atoms. The van der Waals surface area contributed by atoms with Gasteiger partial charge in [0.25, 0.3) is 0 Å². The van der Waals surface area contributed by atoms with Gasteiger partial charge in [0.1, 0.15) is 0 Å². The highest BCUT2D eigenvalue weighted by Gasteiger charge is 2.43.